The highest BCUT2D eigenvalue weighted by Gasteiger charge is 2.14. The monoisotopic (exact) mass is 365 g/mol. The minimum atomic E-state index is -3.17. The second-order valence-corrected chi connectivity index (χ2v) is 4.76. The molecule has 2 N–H and O–H groups in total. The number of benzene rings is 1. The summed E-state index contributed by atoms with van der Waals surface area (Å²) in [6.07, 6.45) is 3.10. The van der Waals surface area contributed by atoms with E-state index in [9.17, 15) is 18.0 Å². The number of amides is 1. The van der Waals surface area contributed by atoms with E-state index in [-0.39, 0.29) is 17.4 Å². The van der Waals surface area contributed by atoms with Gasteiger partial charge < -0.3 is 9.26 Å². The molecule has 1 amide bonds. The molecule has 0 fully saturated rings. The highest BCUT2D eigenvalue weighted by atomic mass is 19.3. The van der Waals surface area contributed by atoms with Crippen LogP contribution < -0.4 is 15.6 Å². The Morgan fingerprint density at radius 3 is 2.65 bits per heavy atom. The minimum absolute atomic E-state index is 0.108. The molecular weight excluding hydrogens is 355 g/mol. The first kappa shape index (κ1) is 17.2. The Kier molecular flexibility index (Phi) is 4.97. The number of aromatic nitrogens is 3. The maximum Gasteiger partial charge on any atom is 0.387 e. The number of alkyl halides is 2. The predicted molar refractivity (Wildman–Crippen MR) is 81.6 cm³/mol. The zero-order chi connectivity index (χ0) is 18.5. The third-order valence-electron chi connectivity index (χ3n) is 3.06. The van der Waals surface area contributed by atoms with Gasteiger partial charge in [0.2, 0.25) is 5.82 Å². The first-order valence-corrected chi connectivity index (χ1v) is 7.08. The van der Waals surface area contributed by atoms with Crippen LogP contribution in [0, 0.1) is 5.82 Å². The Labute approximate surface area is 144 Å². The Hall–Kier alpha value is -3.63. The maximum atomic E-state index is 13.6. The first-order valence-electron chi connectivity index (χ1n) is 7.08. The van der Waals surface area contributed by atoms with E-state index in [1.54, 1.807) is 24.5 Å². The van der Waals surface area contributed by atoms with Crippen molar-refractivity contribution in [3.05, 3.63) is 54.1 Å². The van der Waals surface area contributed by atoms with Gasteiger partial charge in [0.05, 0.1) is 0 Å². The summed E-state index contributed by atoms with van der Waals surface area (Å²) in [7, 11) is 0. The average Bonchev–Trinajstić information content (AvgIpc) is 3.11. The van der Waals surface area contributed by atoms with Gasteiger partial charge in [-0.15, -0.1) is 0 Å². The van der Waals surface area contributed by atoms with Crippen LogP contribution >= 0.6 is 0 Å². The molecule has 0 aliphatic carbocycles. The molecule has 0 aliphatic heterocycles. The normalized spacial score (nSPS) is 10.6. The maximum absolute atomic E-state index is 13.6. The highest BCUT2D eigenvalue weighted by molar-refractivity contribution is 5.94. The fraction of sp³-hybridized carbons (Fsp3) is 0.0667. The van der Waals surface area contributed by atoms with E-state index >= 15 is 0 Å². The predicted octanol–water partition coefficient (Wildman–Crippen LogP) is 2.63. The van der Waals surface area contributed by atoms with Crippen LogP contribution in [0.25, 0.3) is 11.4 Å². The second kappa shape index (κ2) is 7.51. The number of hydrazine groups is 1. The third-order valence-corrected chi connectivity index (χ3v) is 3.06. The van der Waals surface area contributed by atoms with Crippen LogP contribution in [0.1, 0.15) is 10.4 Å². The third kappa shape index (κ3) is 4.06. The van der Waals surface area contributed by atoms with E-state index in [1.165, 1.54) is 0 Å². The van der Waals surface area contributed by atoms with E-state index in [4.69, 9.17) is 4.52 Å². The van der Waals surface area contributed by atoms with E-state index in [2.05, 4.69) is 30.7 Å². The van der Waals surface area contributed by atoms with Crippen LogP contribution in [-0.2, 0) is 0 Å². The van der Waals surface area contributed by atoms with E-state index in [0.717, 1.165) is 18.2 Å². The van der Waals surface area contributed by atoms with Crippen molar-refractivity contribution in [2.24, 2.45) is 0 Å². The second-order valence-electron chi connectivity index (χ2n) is 4.76. The molecule has 3 aromatic rings. The summed E-state index contributed by atoms with van der Waals surface area (Å²) in [4.78, 5) is 19.8. The van der Waals surface area contributed by atoms with Gasteiger partial charge in [-0.05, 0) is 30.3 Å². The number of carbonyl (C=O) groups excluding carboxylic acids is 1. The molecule has 1 aromatic carbocycles. The molecule has 0 spiro atoms. The number of carbonyl (C=O) groups is 1. The quantitative estimate of drug-likeness (QED) is 0.648. The molecule has 0 saturated heterocycles. The molecule has 8 nitrogen and oxygen atoms in total. The SMILES string of the molecule is O=C(NNc1nc(-c2ccncc2)no1)c1ccc(OC(F)F)c(F)c1. The van der Waals surface area contributed by atoms with Crippen LogP contribution in [0.3, 0.4) is 0 Å². The number of rotatable bonds is 6. The van der Waals surface area contributed by atoms with Gasteiger partial charge >= 0.3 is 12.6 Å². The van der Waals surface area contributed by atoms with E-state index in [0.29, 0.717) is 5.56 Å². The summed E-state index contributed by atoms with van der Waals surface area (Å²) in [6.45, 7) is -3.17. The van der Waals surface area contributed by atoms with Gasteiger partial charge in [0.1, 0.15) is 0 Å². The lowest BCUT2D eigenvalue weighted by molar-refractivity contribution is -0.0521. The summed E-state index contributed by atoms with van der Waals surface area (Å²) in [5, 5.41) is 3.72. The standard InChI is InChI=1S/C15H10F3N5O3/c16-10-7-9(1-2-11(10)25-14(17)18)13(24)21-22-15-20-12(23-26-15)8-3-5-19-6-4-8/h1-7,14H,(H,21,24)(H,20,22,23). The molecular formula is C15H10F3N5O3. The Balaban J connectivity index is 1.62. The van der Waals surface area contributed by atoms with Crippen molar-refractivity contribution in [1.29, 1.82) is 0 Å². The lowest BCUT2D eigenvalue weighted by Gasteiger charge is -2.08. The molecule has 0 radical (unpaired) electrons. The summed E-state index contributed by atoms with van der Waals surface area (Å²) < 4.78 is 46.7. The lowest BCUT2D eigenvalue weighted by Crippen LogP contribution is -2.29. The molecule has 3 rings (SSSR count). The van der Waals surface area contributed by atoms with E-state index < -0.39 is 24.1 Å². The summed E-state index contributed by atoms with van der Waals surface area (Å²) in [5.41, 5.74) is 5.10. The lowest BCUT2D eigenvalue weighted by atomic mass is 10.2. The zero-order valence-corrected chi connectivity index (χ0v) is 12.8. The zero-order valence-electron chi connectivity index (χ0n) is 12.8. The van der Waals surface area contributed by atoms with Gasteiger partial charge in [0, 0.05) is 23.5 Å². The highest BCUT2D eigenvalue weighted by Crippen LogP contribution is 2.20. The van der Waals surface area contributed by atoms with Gasteiger partial charge in [-0.25, -0.2) is 9.82 Å². The van der Waals surface area contributed by atoms with Crippen LogP contribution in [0.4, 0.5) is 19.2 Å². The fourth-order valence-electron chi connectivity index (χ4n) is 1.91. The number of hydrogen-bond donors (Lipinski definition) is 2. The fourth-order valence-corrected chi connectivity index (χ4v) is 1.91. The smallest absolute Gasteiger partial charge is 0.387 e. The number of ether oxygens (including phenoxy) is 1. The van der Waals surface area contributed by atoms with Gasteiger partial charge in [-0.3, -0.25) is 15.2 Å². The van der Waals surface area contributed by atoms with Crippen LogP contribution in [0.15, 0.2) is 47.2 Å². The number of anilines is 1. The van der Waals surface area contributed by atoms with Crippen molar-refractivity contribution < 1.29 is 27.2 Å². The van der Waals surface area contributed by atoms with Crippen LogP contribution in [-0.4, -0.2) is 27.6 Å². The van der Waals surface area contributed by atoms with Crippen molar-refractivity contribution in [3.8, 4) is 17.1 Å². The van der Waals surface area contributed by atoms with Crippen molar-refractivity contribution in [3.63, 3.8) is 0 Å². The van der Waals surface area contributed by atoms with Crippen molar-refractivity contribution in [2.45, 2.75) is 6.61 Å². The molecule has 0 saturated carbocycles. The summed E-state index contributed by atoms with van der Waals surface area (Å²) in [6, 6.07) is 6.02. The van der Waals surface area contributed by atoms with E-state index in [1.807, 2.05) is 0 Å². The molecule has 26 heavy (non-hydrogen) atoms. The number of halogens is 3. The molecule has 0 unspecified atom stereocenters. The Bertz CT molecular complexity index is 905. The Morgan fingerprint density at radius 2 is 1.96 bits per heavy atom. The van der Waals surface area contributed by atoms with Crippen molar-refractivity contribution in [1.82, 2.24) is 20.6 Å². The first-order chi connectivity index (χ1) is 12.5. The Morgan fingerprint density at radius 1 is 1.19 bits per heavy atom. The van der Waals surface area contributed by atoms with Crippen LogP contribution in [0.2, 0.25) is 0 Å². The largest absolute Gasteiger partial charge is 0.432 e. The molecule has 0 aliphatic rings. The summed E-state index contributed by atoms with van der Waals surface area (Å²) in [5.74, 6) is -2.25. The van der Waals surface area contributed by atoms with Crippen molar-refractivity contribution >= 4 is 11.9 Å². The molecule has 134 valence electrons. The number of hydrogen-bond acceptors (Lipinski definition) is 7. The van der Waals surface area contributed by atoms with Gasteiger partial charge in [0.25, 0.3) is 5.91 Å². The number of nitrogens with zero attached hydrogens (tertiary/aromatic N) is 3. The summed E-state index contributed by atoms with van der Waals surface area (Å²) >= 11 is 0. The number of nitrogens with one attached hydrogen (secondary N) is 2. The van der Waals surface area contributed by atoms with Gasteiger partial charge in [-0.2, -0.15) is 13.8 Å². The average molecular weight is 365 g/mol. The molecule has 0 atom stereocenters. The number of pyridine rings is 1. The topological polar surface area (TPSA) is 102 Å². The minimum Gasteiger partial charge on any atom is -0.432 e. The molecule has 2 heterocycles. The van der Waals surface area contributed by atoms with Crippen LogP contribution in [0.5, 0.6) is 5.75 Å². The molecule has 11 heteroatoms. The molecule has 2 aromatic heterocycles. The van der Waals surface area contributed by atoms with Crippen molar-refractivity contribution in [2.75, 3.05) is 5.43 Å². The van der Waals surface area contributed by atoms with Gasteiger partial charge in [-0.1, -0.05) is 5.16 Å². The van der Waals surface area contributed by atoms with Gasteiger partial charge in [0.15, 0.2) is 11.6 Å². The molecule has 0 bridgehead atoms.